The predicted octanol–water partition coefficient (Wildman–Crippen LogP) is 6.02. The molecule has 5 rings (SSSR count). The monoisotopic (exact) mass is 323 g/mol. The zero-order chi connectivity index (χ0) is 16.5. The van der Waals surface area contributed by atoms with Crippen LogP contribution in [0, 0.1) is 52.2 Å². The summed E-state index contributed by atoms with van der Waals surface area (Å²) in [4.78, 5) is 0. The van der Waals surface area contributed by atoms with Gasteiger partial charge in [-0.2, -0.15) is 0 Å². The van der Waals surface area contributed by atoms with Gasteiger partial charge in [-0.15, -0.1) is 0 Å². The zero-order valence-electron chi connectivity index (χ0n) is 15.4. The number of rotatable bonds is 3. The molecule has 0 spiro atoms. The fraction of sp³-hybridized carbons (Fsp3) is 0.783. The highest BCUT2D eigenvalue weighted by Crippen LogP contribution is 2.75. The van der Waals surface area contributed by atoms with Crippen LogP contribution in [0.2, 0.25) is 0 Å². The molecule has 0 bridgehead atoms. The quantitative estimate of drug-likeness (QED) is 0.657. The molecule has 3 saturated carbocycles. The Kier molecular flexibility index (Phi) is 3.42. The summed E-state index contributed by atoms with van der Waals surface area (Å²) in [6.07, 6.45) is 18.3. The Hall–Kier alpha value is -0.850. The summed E-state index contributed by atoms with van der Waals surface area (Å²) in [7, 11) is 0. The lowest BCUT2D eigenvalue weighted by Crippen LogP contribution is -2.48. The van der Waals surface area contributed by atoms with Crippen LogP contribution >= 0.6 is 0 Å². The first kappa shape index (κ1) is 15.4. The van der Waals surface area contributed by atoms with Crippen LogP contribution in [0.25, 0.3) is 0 Å². The molecule has 0 aromatic carbocycles. The fourth-order valence-electron chi connectivity index (χ4n) is 8.06. The minimum atomic E-state index is 0.678. The van der Waals surface area contributed by atoms with Crippen molar-refractivity contribution in [2.75, 3.05) is 0 Å². The Labute approximate surface area is 147 Å². The Bertz CT molecular complexity index is 614. The molecule has 0 heterocycles. The van der Waals surface area contributed by atoms with E-state index in [0.717, 1.165) is 53.6 Å². The summed E-state index contributed by atoms with van der Waals surface area (Å²) in [6.45, 7) is 4.90. The summed E-state index contributed by atoms with van der Waals surface area (Å²) in [6, 6.07) is 0. The van der Waals surface area contributed by atoms with Gasteiger partial charge >= 0.3 is 0 Å². The van der Waals surface area contributed by atoms with Crippen molar-refractivity contribution in [1.82, 2.24) is 0 Å². The number of nitrogens with one attached hydrogen (secondary N) is 1. The highest BCUT2D eigenvalue weighted by atomic mass is 14.7. The first-order valence-corrected chi connectivity index (χ1v) is 10.7. The summed E-state index contributed by atoms with van der Waals surface area (Å²) >= 11 is 0. The van der Waals surface area contributed by atoms with Crippen molar-refractivity contribution >= 4 is 5.71 Å². The number of hydrogen-bond acceptors (Lipinski definition) is 1. The van der Waals surface area contributed by atoms with Crippen LogP contribution < -0.4 is 0 Å². The topological polar surface area (TPSA) is 23.9 Å². The van der Waals surface area contributed by atoms with E-state index >= 15 is 0 Å². The van der Waals surface area contributed by atoms with E-state index in [-0.39, 0.29) is 0 Å². The third-order valence-corrected chi connectivity index (χ3v) is 8.90. The first-order chi connectivity index (χ1) is 11.7. The maximum atomic E-state index is 8.02. The minimum absolute atomic E-state index is 0.678. The number of allylic oxidation sites excluding steroid dienone is 4. The van der Waals surface area contributed by atoms with E-state index in [4.69, 9.17) is 5.41 Å². The SMILES string of the molecule is CCCC1C2CC2C2C3C=CC4=CC(=N)CCC4C3CCC12CC. The minimum Gasteiger partial charge on any atom is -0.305 e. The molecule has 130 valence electrons. The highest BCUT2D eigenvalue weighted by Gasteiger charge is 2.69. The van der Waals surface area contributed by atoms with Gasteiger partial charge in [-0.25, -0.2) is 0 Å². The Morgan fingerprint density at radius 3 is 2.83 bits per heavy atom. The normalized spacial score (nSPS) is 51.3. The van der Waals surface area contributed by atoms with E-state index in [9.17, 15) is 0 Å². The van der Waals surface area contributed by atoms with Gasteiger partial charge in [0.1, 0.15) is 0 Å². The molecule has 0 saturated heterocycles. The van der Waals surface area contributed by atoms with Gasteiger partial charge in [0, 0.05) is 5.71 Å². The van der Waals surface area contributed by atoms with Crippen molar-refractivity contribution in [3.63, 3.8) is 0 Å². The molecule has 5 aliphatic carbocycles. The van der Waals surface area contributed by atoms with Crippen molar-refractivity contribution in [3.8, 4) is 0 Å². The number of hydrogen-bond donors (Lipinski definition) is 1. The molecule has 0 aliphatic heterocycles. The van der Waals surface area contributed by atoms with Crippen LogP contribution in [0.5, 0.6) is 0 Å². The van der Waals surface area contributed by atoms with Crippen LogP contribution in [-0.2, 0) is 0 Å². The molecule has 1 heteroatoms. The van der Waals surface area contributed by atoms with Crippen molar-refractivity contribution in [2.24, 2.45) is 46.8 Å². The van der Waals surface area contributed by atoms with E-state index in [0.29, 0.717) is 5.41 Å². The smallest absolute Gasteiger partial charge is 0.0316 e. The molecule has 0 radical (unpaired) electrons. The summed E-state index contributed by atoms with van der Waals surface area (Å²) in [5, 5.41) is 8.02. The Balaban J connectivity index is 1.52. The molecule has 24 heavy (non-hydrogen) atoms. The van der Waals surface area contributed by atoms with Crippen LogP contribution in [0.1, 0.15) is 65.2 Å². The number of fused-ring (bicyclic) bond motifs is 7. The third kappa shape index (κ3) is 1.90. The second kappa shape index (κ2) is 5.32. The molecule has 1 nitrogen and oxygen atoms in total. The maximum Gasteiger partial charge on any atom is 0.0316 e. The van der Waals surface area contributed by atoms with Crippen LogP contribution in [0.15, 0.2) is 23.8 Å². The van der Waals surface area contributed by atoms with Gasteiger partial charge in [-0.05, 0) is 103 Å². The van der Waals surface area contributed by atoms with E-state index in [1.165, 1.54) is 44.1 Å². The summed E-state index contributed by atoms with van der Waals surface area (Å²) in [5.74, 6) is 6.68. The van der Waals surface area contributed by atoms with Gasteiger partial charge in [0.25, 0.3) is 0 Å². The van der Waals surface area contributed by atoms with E-state index in [1.807, 2.05) is 0 Å². The zero-order valence-corrected chi connectivity index (χ0v) is 15.4. The Morgan fingerprint density at radius 1 is 1.17 bits per heavy atom. The van der Waals surface area contributed by atoms with Crippen LogP contribution in [0.3, 0.4) is 0 Å². The second-order valence-electron chi connectivity index (χ2n) is 9.52. The molecule has 0 aromatic rings. The van der Waals surface area contributed by atoms with Crippen molar-refractivity contribution < 1.29 is 0 Å². The third-order valence-electron chi connectivity index (χ3n) is 8.90. The van der Waals surface area contributed by atoms with E-state index < -0.39 is 0 Å². The summed E-state index contributed by atoms with van der Waals surface area (Å²) < 4.78 is 0. The van der Waals surface area contributed by atoms with Crippen LogP contribution in [-0.4, -0.2) is 5.71 Å². The van der Waals surface area contributed by atoms with Crippen LogP contribution in [0.4, 0.5) is 0 Å². The molecule has 1 N–H and O–H groups in total. The van der Waals surface area contributed by atoms with Gasteiger partial charge in [-0.3, -0.25) is 0 Å². The molecule has 8 atom stereocenters. The standard InChI is InChI=1S/C23H33N/c1-3-5-21-19-13-20(19)22-18-8-6-14-12-15(24)7-9-16(14)17(18)10-11-23(21,22)4-2/h6,8,12,16-22,24H,3-5,7,9-11,13H2,1-2H3. The largest absolute Gasteiger partial charge is 0.305 e. The van der Waals surface area contributed by atoms with Crippen molar-refractivity contribution in [1.29, 1.82) is 5.41 Å². The fourth-order valence-corrected chi connectivity index (χ4v) is 8.06. The lowest BCUT2D eigenvalue weighted by atomic mass is 9.50. The molecule has 5 aliphatic rings. The Morgan fingerprint density at radius 2 is 2.04 bits per heavy atom. The molecule has 3 fully saturated rings. The second-order valence-corrected chi connectivity index (χ2v) is 9.52. The summed E-state index contributed by atoms with van der Waals surface area (Å²) in [5.41, 5.74) is 3.03. The molecular weight excluding hydrogens is 290 g/mol. The van der Waals surface area contributed by atoms with E-state index in [1.54, 1.807) is 6.42 Å². The lowest BCUT2D eigenvalue weighted by molar-refractivity contribution is -0.0279. The maximum absolute atomic E-state index is 8.02. The average Bonchev–Trinajstić information content (AvgIpc) is 3.32. The van der Waals surface area contributed by atoms with Gasteiger partial charge in [0.05, 0.1) is 0 Å². The van der Waals surface area contributed by atoms with E-state index in [2.05, 4.69) is 32.1 Å². The molecule has 0 aromatic heterocycles. The van der Waals surface area contributed by atoms with Crippen molar-refractivity contribution in [3.05, 3.63) is 23.8 Å². The molecule has 0 amide bonds. The van der Waals surface area contributed by atoms with Crippen molar-refractivity contribution in [2.45, 2.75) is 65.2 Å². The van der Waals surface area contributed by atoms with Gasteiger partial charge in [-0.1, -0.05) is 32.4 Å². The highest BCUT2D eigenvalue weighted by molar-refractivity contribution is 5.94. The predicted molar refractivity (Wildman–Crippen MR) is 100 cm³/mol. The van der Waals surface area contributed by atoms with Gasteiger partial charge < -0.3 is 5.41 Å². The van der Waals surface area contributed by atoms with Gasteiger partial charge in [0.2, 0.25) is 0 Å². The molecular formula is C23H33N. The van der Waals surface area contributed by atoms with Gasteiger partial charge in [0.15, 0.2) is 0 Å². The first-order valence-electron chi connectivity index (χ1n) is 10.7. The average molecular weight is 324 g/mol. The molecule has 8 unspecified atom stereocenters. The lowest BCUT2D eigenvalue weighted by Gasteiger charge is -2.55.